The van der Waals surface area contributed by atoms with Crippen LogP contribution < -0.4 is 10.8 Å². The number of carbonyl (C=O) groups is 1. The standard InChI is InChI=1S/C3H4N5O/c4-2(9)1-3(7-5)8-6/h1H2,(H2,4,9). The highest BCUT2D eigenvalue weighted by Gasteiger charge is 2.17. The maximum absolute atomic E-state index is 9.99. The minimum absolute atomic E-state index is 0.368. The van der Waals surface area contributed by atoms with Gasteiger partial charge in [0.2, 0.25) is 12.3 Å². The second-order valence-corrected chi connectivity index (χ2v) is 1.26. The van der Waals surface area contributed by atoms with Crippen LogP contribution in [0.3, 0.4) is 0 Å². The van der Waals surface area contributed by atoms with Crippen LogP contribution in [0.4, 0.5) is 0 Å². The Balaban J connectivity index is 4.02. The third-order valence-electron chi connectivity index (χ3n) is 0.563. The van der Waals surface area contributed by atoms with Gasteiger partial charge in [-0.25, -0.2) is 0 Å². The lowest BCUT2D eigenvalue weighted by atomic mass is 10.4. The molecule has 47 valence electrons. The number of carbonyl (C=O) groups excluding carboxylic acids is 1. The Morgan fingerprint density at radius 2 is 2.11 bits per heavy atom. The Morgan fingerprint density at radius 1 is 1.56 bits per heavy atom. The maximum atomic E-state index is 9.99. The Kier molecular flexibility index (Phi) is 2.86. The van der Waals surface area contributed by atoms with E-state index in [-0.39, 0.29) is 6.42 Å². The van der Waals surface area contributed by atoms with E-state index >= 15 is 0 Å². The van der Waals surface area contributed by atoms with Crippen LogP contribution >= 0.6 is 0 Å². The number of rotatable bonds is 2. The van der Waals surface area contributed by atoms with Crippen LogP contribution in [0.5, 0.6) is 0 Å². The molecule has 9 heavy (non-hydrogen) atoms. The van der Waals surface area contributed by atoms with Crippen molar-refractivity contribution in [3.8, 4) is 0 Å². The van der Waals surface area contributed by atoms with E-state index in [2.05, 4.69) is 15.6 Å². The van der Waals surface area contributed by atoms with Crippen LogP contribution in [0.1, 0.15) is 6.42 Å². The molecule has 0 aromatic carbocycles. The summed E-state index contributed by atoms with van der Waals surface area (Å²) in [5.74, 6) is -1.12. The molecule has 0 rings (SSSR count). The average Bonchev–Trinajstić information content (AvgIpc) is 1.82. The van der Waals surface area contributed by atoms with Gasteiger partial charge in [-0.05, 0) is 0 Å². The van der Waals surface area contributed by atoms with Gasteiger partial charge in [-0.3, -0.25) is 4.79 Å². The molecule has 0 aromatic rings. The zero-order valence-corrected chi connectivity index (χ0v) is 4.48. The van der Waals surface area contributed by atoms with Crippen LogP contribution in [0.15, 0.2) is 0 Å². The van der Waals surface area contributed by atoms with E-state index in [0.29, 0.717) is 0 Å². The van der Waals surface area contributed by atoms with E-state index in [9.17, 15) is 4.79 Å². The summed E-state index contributed by atoms with van der Waals surface area (Å²) < 4.78 is 0. The smallest absolute Gasteiger partial charge is 0.417 e. The number of primary amides is 1. The highest BCUT2D eigenvalue weighted by atomic mass is 16.1. The highest BCUT2D eigenvalue weighted by Crippen LogP contribution is 1.73. The zero-order valence-electron chi connectivity index (χ0n) is 4.48. The Hall–Kier alpha value is -1.55. The van der Waals surface area contributed by atoms with Crippen molar-refractivity contribution in [3.63, 3.8) is 0 Å². The summed E-state index contributed by atoms with van der Waals surface area (Å²) in [6.07, 6.45) is -0.368. The summed E-state index contributed by atoms with van der Waals surface area (Å²) in [5.41, 5.74) is 20.4. The fourth-order valence-corrected chi connectivity index (χ4v) is 0.247. The van der Waals surface area contributed by atoms with E-state index in [1.165, 1.54) is 0 Å². The molecule has 0 bridgehead atoms. The fourth-order valence-electron chi connectivity index (χ4n) is 0.247. The molecule has 0 aromatic heterocycles. The van der Waals surface area contributed by atoms with E-state index in [1.807, 2.05) is 0 Å². The molecule has 0 saturated heterocycles. The summed E-state index contributed by atoms with van der Waals surface area (Å²) in [5, 5.41) is 2.45. The topological polar surface area (TPSA) is 116 Å². The van der Waals surface area contributed by atoms with Gasteiger partial charge in [0.15, 0.2) is 0 Å². The van der Waals surface area contributed by atoms with Gasteiger partial charge in [-0.2, -0.15) is 0 Å². The molecule has 6 nitrogen and oxygen atoms in total. The Labute approximate surface area is 50.8 Å². The highest BCUT2D eigenvalue weighted by molar-refractivity contribution is 5.95. The van der Waals surface area contributed by atoms with Gasteiger partial charge in [0, 0.05) is 0 Å². The van der Waals surface area contributed by atoms with Crippen molar-refractivity contribution in [1.29, 1.82) is 0 Å². The number of amidine groups is 1. The summed E-state index contributed by atoms with van der Waals surface area (Å²) in [4.78, 5) is 12.4. The predicted molar refractivity (Wildman–Crippen MR) is 27.9 cm³/mol. The molecular weight excluding hydrogens is 122 g/mol. The second kappa shape index (κ2) is 3.45. The van der Waals surface area contributed by atoms with Gasteiger partial charge in [0.1, 0.15) is 0 Å². The molecule has 0 aliphatic carbocycles. The lowest BCUT2D eigenvalue weighted by Gasteiger charge is -1.73. The Bertz CT molecular complexity index is 179. The quantitative estimate of drug-likeness (QED) is 0.214. The van der Waals surface area contributed by atoms with E-state index < -0.39 is 11.7 Å². The van der Waals surface area contributed by atoms with Crippen LogP contribution in [0.2, 0.25) is 0 Å². The van der Waals surface area contributed by atoms with Crippen molar-refractivity contribution in [2.75, 3.05) is 0 Å². The van der Waals surface area contributed by atoms with Crippen LogP contribution in [-0.4, -0.2) is 16.5 Å². The summed E-state index contributed by atoms with van der Waals surface area (Å²) in [6.45, 7) is 0. The molecule has 0 fully saturated rings. The third-order valence-corrected chi connectivity index (χ3v) is 0.563. The summed E-state index contributed by atoms with van der Waals surface area (Å²) in [7, 11) is 0. The number of hydrogen-bond donors (Lipinski definition) is 1. The zero-order chi connectivity index (χ0) is 7.28. The van der Waals surface area contributed by atoms with Crippen molar-refractivity contribution >= 4 is 11.7 Å². The van der Waals surface area contributed by atoms with Crippen molar-refractivity contribution in [3.05, 3.63) is 11.1 Å². The minimum Gasteiger partial charge on any atom is -0.417 e. The molecule has 0 heterocycles. The van der Waals surface area contributed by atoms with Crippen molar-refractivity contribution in [2.45, 2.75) is 6.42 Å². The number of hydrogen-bond acceptors (Lipinski definition) is 1. The molecule has 1 radical (unpaired) electrons. The molecule has 0 spiro atoms. The molecular formula is C3H4N5O. The minimum atomic E-state index is -0.722. The molecule has 0 unspecified atom stereocenters. The first kappa shape index (κ1) is 7.45. The number of amides is 1. The molecule has 1 amide bonds. The molecule has 0 atom stereocenters. The first-order valence-electron chi connectivity index (χ1n) is 2.05. The maximum Gasteiger partial charge on any atom is 0.582 e. The lowest BCUT2D eigenvalue weighted by molar-refractivity contribution is -0.117. The third kappa shape index (κ3) is 3.07. The number of nitrogens with two attached hydrogens (primary N) is 1. The van der Waals surface area contributed by atoms with Gasteiger partial charge in [0.05, 0.1) is 5.11 Å². The lowest BCUT2D eigenvalue weighted by Crippen LogP contribution is -2.18. The van der Waals surface area contributed by atoms with Crippen LogP contribution in [-0.2, 0) is 4.79 Å². The van der Waals surface area contributed by atoms with Crippen molar-refractivity contribution in [2.24, 2.45) is 5.73 Å². The van der Waals surface area contributed by atoms with E-state index in [0.717, 1.165) is 0 Å². The SMILES string of the molecule is [N-]=[N+]C(CC(N)=O)=[N+]=[N-]. The summed E-state index contributed by atoms with van der Waals surface area (Å²) >= 11 is 0. The first-order chi connectivity index (χ1) is 4.20. The monoisotopic (exact) mass is 126 g/mol. The van der Waals surface area contributed by atoms with Crippen molar-refractivity contribution < 1.29 is 9.58 Å². The molecule has 0 saturated carbocycles. The molecule has 0 aliphatic heterocycles. The van der Waals surface area contributed by atoms with Crippen LogP contribution in [0.25, 0.3) is 11.1 Å². The average molecular weight is 126 g/mol. The van der Waals surface area contributed by atoms with Gasteiger partial charge in [-0.1, -0.05) is 4.79 Å². The summed E-state index contributed by atoms with van der Waals surface area (Å²) in [6, 6.07) is 0. The van der Waals surface area contributed by atoms with Gasteiger partial charge in [-0.15, -0.1) is 0 Å². The normalized spacial score (nSPS) is 7.56. The molecule has 0 aliphatic rings. The van der Waals surface area contributed by atoms with Gasteiger partial charge >= 0.3 is 5.84 Å². The van der Waals surface area contributed by atoms with E-state index in [4.69, 9.17) is 11.1 Å². The van der Waals surface area contributed by atoms with E-state index in [1.54, 1.807) is 0 Å². The van der Waals surface area contributed by atoms with Crippen molar-refractivity contribution in [1.82, 2.24) is 5.11 Å². The molecule has 6 heteroatoms. The van der Waals surface area contributed by atoms with Crippen LogP contribution in [0, 0.1) is 0 Å². The Morgan fingerprint density at radius 3 is 2.22 bits per heavy atom. The largest absolute Gasteiger partial charge is 0.582 e. The fraction of sp³-hybridized carbons (Fsp3) is 0.333. The van der Waals surface area contributed by atoms with Gasteiger partial charge < -0.3 is 16.8 Å². The first-order valence-corrected chi connectivity index (χ1v) is 2.05. The molecule has 2 N–H and O–H groups in total. The number of nitrogens with zero attached hydrogens (tertiary/aromatic N) is 4. The van der Waals surface area contributed by atoms with Gasteiger partial charge in [0.25, 0.3) is 0 Å². The second-order valence-electron chi connectivity index (χ2n) is 1.26. The predicted octanol–water partition coefficient (Wildman–Crippen LogP) is -1.15.